The molecule has 1 aliphatic heterocycles. The van der Waals surface area contributed by atoms with Crippen molar-refractivity contribution in [3.63, 3.8) is 0 Å². The Bertz CT molecular complexity index is 855. The van der Waals surface area contributed by atoms with E-state index in [1.165, 1.54) is 10.6 Å². The predicted molar refractivity (Wildman–Crippen MR) is 83.5 cm³/mol. The standard InChI is InChI=1S/C15H18N4O3/c1-8(2)19-14(21)10-4-5-11(17-13(10)18-15(19)22)9-3-6-12(20)16-7-9/h3,6-8,11,17H,4-5H2,1-2H3,(H,16,20)(H,18,22)/t11-/m1/s1. The summed E-state index contributed by atoms with van der Waals surface area (Å²) in [5, 5.41) is 3.19. The van der Waals surface area contributed by atoms with Crippen molar-refractivity contribution in [2.75, 3.05) is 5.32 Å². The zero-order valence-corrected chi connectivity index (χ0v) is 12.5. The second-order valence-electron chi connectivity index (χ2n) is 5.77. The number of anilines is 1. The Kier molecular flexibility index (Phi) is 3.48. The summed E-state index contributed by atoms with van der Waals surface area (Å²) in [4.78, 5) is 41.0. The Balaban J connectivity index is 2.01. The number of hydrogen-bond donors (Lipinski definition) is 3. The molecule has 0 aromatic carbocycles. The lowest BCUT2D eigenvalue weighted by Crippen LogP contribution is -2.41. The molecule has 2 aromatic heterocycles. The molecule has 7 nitrogen and oxygen atoms in total. The van der Waals surface area contributed by atoms with E-state index >= 15 is 0 Å². The fourth-order valence-corrected chi connectivity index (χ4v) is 2.84. The van der Waals surface area contributed by atoms with Crippen LogP contribution < -0.4 is 22.1 Å². The van der Waals surface area contributed by atoms with E-state index in [1.54, 1.807) is 12.3 Å². The minimum Gasteiger partial charge on any atom is -0.364 e. The van der Waals surface area contributed by atoms with Gasteiger partial charge in [0.05, 0.1) is 11.6 Å². The Hall–Kier alpha value is -2.57. The van der Waals surface area contributed by atoms with Crippen molar-refractivity contribution >= 4 is 5.82 Å². The number of fused-ring (bicyclic) bond motifs is 1. The summed E-state index contributed by atoms with van der Waals surface area (Å²) in [7, 11) is 0. The van der Waals surface area contributed by atoms with Gasteiger partial charge in [-0.3, -0.25) is 19.1 Å². The number of aromatic nitrogens is 3. The molecule has 1 atom stereocenters. The van der Waals surface area contributed by atoms with Gasteiger partial charge in [-0.25, -0.2) is 4.79 Å². The second-order valence-corrected chi connectivity index (χ2v) is 5.77. The molecule has 0 amide bonds. The van der Waals surface area contributed by atoms with E-state index in [0.717, 1.165) is 12.0 Å². The molecule has 3 rings (SSSR count). The normalized spacial score (nSPS) is 17.1. The van der Waals surface area contributed by atoms with Crippen LogP contribution in [-0.2, 0) is 6.42 Å². The van der Waals surface area contributed by atoms with E-state index in [0.29, 0.717) is 17.8 Å². The van der Waals surface area contributed by atoms with Gasteiger partial charge in [-0.05, 0) is 32.3 Å². The average Bonchev–Trinajstić information content (AvgIpc) is 2.47. The monoisotopic (exact) mass is 302 g/mol. The Morgan fingerprint density at radius 3 is 2.64 bits per heavy atom. The van der Waals surface area contributed by atoms with Crippen LogP contribution in [-0.4, -0.2) is 14.5 Å². The van der Waals surface area contributed by atoms with Gasteiger partial charge in [0.15, 0.2) is 0 Å². The lowest BCUT2D eigenvalue weighted by Gasteiger charge is -2.27. The molecule has 1 aliphatic rings. The van der Waals surface area contributed by atoms with E-state index < -0.39 is 5.69 Å². The minimum absolute atomic E-state index is 0.0469. The van der Waals surface area contributed by atoms with Crippen LogP contribution in [0.5, 0.6) is 0 Å². The lowest BCUT2D eigenvalue weighted by atomic mass is 9.97. The molecule has 3 heterocycles. The minimum atomic E-state index is -0.409. The van der Waals surface area contributed by atoms with Crippen molar-refractivity contribution in [3.8, 4) is 0 Å². The molecule has 0 radical (unpaired) electrons. The van der Waals surface area contributed by atoms with Crippen molar-refractivity contribution in [2.45, 2.75) is 38.8 Å². The number of nitrogens with one attached hydrogen (secondary N) is 3. The predicted octanol–water partition coefficient (Wildman–Crippen LogP) is 0.905. The van der Waals surface area contributed by atoms with Crippen molar-refractivity contribution in [2.24, 2.45) is 0 Å². The molecule has 3 N–H and O–H groups in total. The van der Waals surface area contributed by atoms with Gasteiger partial charge in [-0.15, -0.1) is 0 Å². The Labute approximate surface area is 126 Å². The maximum Gasteiger partial charge on any atom is 0.330 e. The molecule has 0 aliphatic carbocycles. The molecule has 2 aromatic rings. The highest BCUT2D eigenvalue weighted by molar-refractivity contribution is 5.47. The topological polar surface area (TPSA) is 99.8 Å². The third-order valence-electron chi connectivity index (χ3n) is 3.96. The molecule has 116 valence electrons. The number of rotatable bonds is 2. The number of aromatic amines is 2. The quantitative estimate of drug-likeness (QED) is 0.767. The van der Waals surface area contributed by atoms with Crippen LogP contribution in [0.3, 0.4) is 0 Å². The van der Waals surface area contributed by atoms with Gasteiger partial charge in [0.2, 0.25) is 5.56 Å². The fraction of sp³-hybridized carbons (Fsp3) is 0.400. The Morgan fingerprint density at radius 1 is 1.23 bits per heavy atom. The Morgan fingerprint density at radius 2 is 2.00 bits per heavy atom. The van der Waals surface area contributed by atoms with Gasteiger partial charge in [0.1, 0.15) is 5.82 Å². The van der Waals surface area contributed by atoms with Crippen molar-refractivity contribution in [1.29, 1.82) is 0 Å². The van der Waals surface area contributed by atoms with Gasteiger partial charge in [-0.2, -0.15) is 0 Å². The highest BCUT2D eigenvalue weighted by atomic mass is 16.2. The summed E-state index contributed by atoms with van der Waals surface area (Å²) in [6.07, 6.45) is 2.95. The first-order chi connectivity index (χ1) is 10.5. The van der Waals surface area contributed by atoms with E-state index in [4.69, 9.17) is 0 Å². The summed E-state index contributed by atoms with van der Waals surface area (Å²) < 4.78 is 1.24. The zero-order chi connectivity index (χ0) is 15.9. The summed E-state index contributed by atoms with van der Waals surface area (Å²) in [5.41, 5.74) is 0.718. The first-order valence-electron chi connectivity index (χ1n) is 7.30. The lowest BCUT2D eigenvalue weighted by molar-refractivity contribution is 0.530. The SMILES string of the molecule is CC(C)n1c(=O)[nH]c2c(c1=O)CC[C@H](c1ccc(=O)[nH]c1)N2. The van der Waals surface area contributed by atoms with Crippen molar-refractivity contribution < 1.29 is 0 Å². The number of H-pyrrole nitrogens is 2. The molecule has 0 spiro atoms. The molecular weight excluding hydrogens is 284 g/mol. The molecule has 22 heavy (non-hydrogen) atoms. The van der Waals surface area contributed by atoms with E-state index in [2.05, 4.69) is 15.3 Å². The van der Waals surface area contributed by atoms with Gasteiger partial charge < -0.3 is 10.3 Å². The highest BCUT2D eigenvalue weighted by Crippen LogP contribution is 2.28. The van der Waals surface area contributed by atoms with Crippen LogP contribution >= 0.6 is 0 Å². The average molecular weight is 302 g/mol. The summed E-state index contributed by atoms with van der Waals surface area (Å²) in [5.74, 6) is 0.481. The maximum atomic E-state index is 12.4. The third kappa shape index (κ3) is 2.38. The van der Waals surface area contributed by atoms with E-state index in [1.807, 2.05) is 13.8 Å². The van der Waals surface area contributed by atoms with Crippen LogP contribution in [0.4, 0.5) is 5.82 Å². The van der Waals surface area contributed by atoms with Gasteiger partial charge in [-0.1, -0.05) is 6.07 Å². The maximum absolute atomic E-state index is 12.4. The number of hydrogen-bond acceptors (Lipinski definition) is 4. The second kappa shape index (κ2) is 5.32. The van der Waals surface area contributed by atoms with Crippen LogP contribution in [0.1, 0.15) is 43.5 Å². The third-order valence-corrected chi connectivity index (χ3v) is 3.96. The first kappa shape index (κ1) is 14.4. The van der Waals surface area contributed by atoms with E-state index in [-0.39, 0.29) is 23.2 Å². The molecule has 0 saturated heterocycles. The van der Waals surface area contributed by atoms with Crippen LogP contribution in [0.2, 0.25) is 0 Å². The summed E-state index contributed by atoms with van der Waals surface area (Å²) in [6.45, 7) is 3.62. The van der Waals surface area contributed by atoms with Crippen LogP contribution in [0.15, 0.2) is 32.7 Å². The smallest absolute Gasteiger partial charge is 0.330 e. The molecule has 0 unspecified atom stereocenters. The molecule has 0 bridgehead atoms. The number of pyridine rings is 1. The van der Waals surface area contributed by atoms with Gasteiger partial charge >= 0.3 is 5.69 Å². The highest BCUT2D eigenvalue weighted by Gasteiger charge is 2.24. The first-order valence-corrected chi connectivity index (χ1v) is 7.30. The van der Waals surface area contributed by atoms with Gasteiger partial charge in [0.25, 0.3) is 5.56 Å². The molecule has 0 saturated carbocycles. The van der Waals surface area contributed by atoms with E-state index in [9.17, 15) is 14.4 Å². The largest absolute Gasteiger partial charge is 0.364 e. The van der Waals surface area contributed by atoms with Crippen LogP contribution in [0.25, 0.3) is 0 Å². The van der Waals surface area contributed by atoms with Crippen LogP contribution in [0, 0.1) is 0 Å². The zero-order valence-electron chi connectivity index (χ0n) is 12.5. The molecular formula is C15H18N4O3. The van der Waals surface area contributed by atoms with Crippen molar-refractivity contribution in [1.82, 2.24) is 14.5 Å². The number of nitrogens with zero attached hydrogens (tertiary/aromatic N) is 1. The van der Waals surface area contributed by atoms with Gasteiger partial charge in [0, 0.05) is 18.3 Å². The molecule has 0 fully saturated rings. The summed E-state index contributed by atoms with van der Waals surface area (Å²) in [6, 6.07) is 2.98. The van der Waals surface area contributed by atoms with Crippen molar-refractivity contribution in [3.05, 3.63) is 60.6 Å². The fourth-order valence-electron chi connectivity index (χ4n) is 2.84. The molecule has 7 heteroatoms. The summed E-state index contributed by atoms with van der Waals surface area (Å²) >= 11 is 0.